The average Bonchev–Trinajstić information content (AvgIpc) is 2.78. The standard InChI is InChI=1S/C15H19FN2O/c16-14-3-1-11(2-4-14)7-12-5-6-18(10-12)15(19)13-8-17-9-13/h1-4,12-13,17H,5-10H2. The molecule has 3 nitrogen and oxygen atoms in total. The van der Waals surface area contributed by atoms with E-state index in [0.29, 0.717) is 11.8 Å². The fourth-order valence-electron chi connectivity index (χ4n) is 2.87. The zero-order chi connectivity index (χ0) is 13.2. The Labute approximate surface area is 112 Å². The Morgan fingerprint density at radius 2 is 2.05 bits per heavy atom. The fraction of sp³-hybridized carbons (Fsp3) is 0.533. The normalized spacial score (nSPS) is 23.4. The lowest BCUT2D eigenvalue weighted by atomic mass is 9.98. The molecule has 102 valence electrons. The molecule has 19 heavy (non-hydrogen) atoms. The molecular weight excluding hydrogens is 243 g/mol. The SMILES string of the molecule is O=C(C1CNC1)N1CCC(Cc2ccc(F)cc2)C1. The van der Waals surface area contributed by atoms with Gasteiger partial charge in [-0.05, 0) is 36.5 Å². The van der Waals surface area contributed by atoms with Gasteiger partial charge in [0.15, 0.2) is 0 Å². The molecule has 1 N–H and O–H groups in total. The number of nitrogens with one attached hydrogen (secondary N) is 1. The van der Waals surface area contributed by atoms with E-state index in [2.05, 4.69) is 5.32 Å². The summed E-state index contributed by atoms with van der Waals surface area (Å²) in [4.78, 5) is 14.1. The van der Waals surface area contributed by atoms with Crippen molar-refractivity contribution in [1.82, 2.24) is 10.2 Å². The number of likely N-dealkylation sites (tertiary alicyclic amines) is 1. The van der Waals surface area contributed by atoms with Crippen LogP contribution in [-0.4, -0.2) is 37.0 Å². The van der Waals surface area contributed by atoms with Crippen molar-refractivity contribution in [3.63, 3.8) is 0 Å². The topological polar surface area (TPSA) is 32.3 Å². The smallest absolute Gasteiger partial charge is 0.228 e. The number of hydrogen-bond donors (Lipinski definition) is 1. The minimum absolute atomic E-state index is 0.190. The van der Waals surface area contributed by atoms with Gasteiger partial charge in [-0.15, -0.1) is 0 Å². The van der Waals surface area contributed by atoms with Gasteiger partial charge in [-0.3, -0.25) is 4.79 Å². The van der Waals surface area contributed by atoms with E-state index in [-0.39, 0.29) is 11.7 Å². The maximum absolute atomic E-state index is 12.8. The zero-order valence-electron chi connectivity index (χ0n) is 10.9. The van der Waals surface area contributed by atoms with Crippen LogP contribution in [-0.2, 0) is 11.2 Å². The lowest BCUT2D eigenvalue weighted by molar-refractivity contribution is -0.136. The summed E-state index contributed by atoms with van der Waals surface area (Å²) < 4.78 is 12.8. The van der Waals surface area contributed by atoms with E-state index in [0.717, 1.165) is 44.6 Å². The third-order valence-electron chi connectivity index (χ3n) is 4.17. The van der Waals surface area contributed by atoms with E-state index >= 15 is 0 Å². The Kier molecular flexibility index (Phi) is 3.51. The number of nitrogens with zero attached hydrogens (tertiary/aromatic N) is 1. The quantitative estimate of drug-likeness (QED) is 0.894. The van der Waals surface area contributed by atoms with E-state index < -0.39 is 0 Å². The van der Waals surface area contributed by atoms with E-state index in [1.807, 2.05) is 17.0 Å². The fourth-order valence-corrected chi connectivity index (χ4v) is 2.87. The van der Waals surface area contributed by atoms with Gasteiger partial charge in [-0.2, -0.15) is 0 Å². The summed E-state index contributed by atoms with van der Waals surface area (Å²) >= 11 is 0. The molecular formula is C15H19FN2O. The van der Waals surface area contributed by atoms with E-state index in [1.165, 1.54) is 12.1 Å². The summed E-state index contributed by atoms with van der Waals surface area (Å²) in [7, 11) is 0. The van der Waals surface area contributed by atoms with Gasteiger partial charge in [0, 0.05) is 26.2 Å². The maximum Gasteiger partial charge on any atom is 0.228 e. The molecule has 2 aliphatic rings. The molecule has 2 heterocycles. The summed E-state index contributed by atoms with van der Waals surface area (Å²) in [6, 6.07) is 6.70. The highest BCUT2D eigenvalue weighted by Crippen LogP contribution is 2.23. The molecule has 1 unspecified atom stereocenters. The minimum Gasteiger partial charge on any atom is -0.342 e. The molecule has 0 aromatic heterocycles. The molecule has 1 amide bonds. The molecule has 2 saturated heterocycles. The predicted octanol–water partition coefficient (Wildman–Crippen LogP) is 1.44. The van der Waals surface area contributed by atoms with Crippen LogP contribution >= 0.6 is 0 Å². The van der Waals surface area contributed by atoms with Crippen LogP contribution in [0.5, 0.6) is 0 Å². The predicted molar refractivity (Wildman–Crippen MR) is 71.2 cm³/mol. The van der Waals surface area contributed by atoms with Gasteiger partial charge in [-0.25, -0.2) is 4.39 Å². The van der Waals surface area contributed by atoms with Crippen molar-refractivity contribution in [3.05, 3.63) is 35.6 Å². The second-order valence-corrected chi connectivity index (χ2v) is 5.62. The van der Waals surface area contributed by atoms with Crippen molar-refractivity contribution in [1.29, 1.82) is 0 Å². The first-order valence-electron chi connectivity index (χ1n) is 6.96. The van der Waals surface area contributed by atoms with E-state index in [9.17, 15) is 9.18 Å². The average molecular weight is 262 g/mol. The van der Waals surface area contributed by atoms with Crippen molar-refractivity contribution in [2.24, 2.45) is 11.8 Å². The zero-order valence-corrected chi connectivity index (χ0v) is 10.9. The Morgan fingerprint density at radius 1 is 1.32 bits per heavy atom. The number of amides is 1. The van der Waals surface area contributed by atoms with Crippen molar-refractivity contribution in [2.45, 2.75) is 12.8 Å². The maximum atomic E-state index is 12.8. The highest BCUT2D eigenvalue weighted by atomic mass is 19.1. The van der Waals surface area contributed by atoms with Crippen molar-refractivity contribution in [3.8, 4) is 0 Å². The van der Waals surface area contributed by atoms with Crippen LogP contribution in [0, 0.1) is 17.7 Å². The van der Waals surface area contributed by atoms with Crippen molar-refractivity contribution >= 4 is 5.91 Å². The molecule has 0 spiro atoms. The molecule has 2 aliphatic heterocycles. The highest BCUT2D eigenvalue weighted by molar-refractivity contribution is 5.80. The molecule has 1 atom stereocenters. The number of rotatable bonds is 3. The first kappa shape index (κ1) is 12.6. The lowest BCUT2D eigenvalue weighted by Crippen LogP contribution is -2.51. The largest absolute Gasteiger partial charge is 0.342 e. The summed E-state index contributed by atoms with van der Waals surface area (Å²) in [5.41, 5.74) is 1.16. The van der Waals surface area contributed by atoms with Crippen LogP contribution in [0.2, 0.25) is 0 Å². The number of carbonyl (C=O) groups is 1. The molecule has 0 saturated carbocycles. The lowest BCUT2D eigenvalue weighted by Gasteiger charge is -2.30. The Hall–Kier alpha value is -1.42. The van der Waals surface area contributed by atoms with Crippen LogP contribution in [0.25, 0.3) is 0 Å². The molecule has 4 heteroatoms. The Morgan fingerprint density at radius 3 is 2.68 bits per heavy atom. The molecule has 3 rings (SSSR count). The van der Waals surface area contributed by atoms with Gasteiger partial charge in [-0.1, -0.05) is 12.1 Å². The molecule has 2 fully saturated rings. The first-order valence-corrected chi connectivity index (χ1v) is 6.96. The number of halogens is 1. The van der Waals surface area contributed by atoms with Crippen molar-refractivity contribution in [2.75, 3.05) is 26.2 Å². The first-order chi connectivity index (χ1) is 9.22. The monoisotopic (exact) mass is 262 g/mol. The number of benzene rings is 1. The number of hydrogen-bond acceptors (Lipinski definition) is 2. The Balaban J connectivity index is 1.54. The van der Waals surface area contributed by atoms with Gasteiger partial charge >= 0.3 is 0 Å². The van der Waals surface area contributed by atoms with E-state index in [1.54, 1.807) is 0 Å². The molecule has 0 bridgehead atoms. The third kappa shape index (κ3) is 2.78. The van der Waals surface area contributed by atoms with Gasteiger partial charge in [0.05, 0.1) is 5.92 Å². The molecule has 0 radical (unpaired) electrons. The molecule has 1 aromatic rings. The summed E-state index contributed by atoms with van der Waals surface area (Å²) in [6.07, 6.45) is 2.00. The second-order valence-electron chi connectivity index (χ2n) is 5.62. The van der Waals surface area contributed by atoms with Crippen molar-refractivity contribution < 1.29 is 9.18 Å². The highest BCUT2D eigenvalue weighted by Gasteiger charge is 2.33. The molecule has 1 aromatic carbocycles. The third-order valence-corrected chi connectivity index (χ3v) is 4.17. The van der Waals surface area contributed by atoms with Crippen LogP contribution < -0.4 is 5.32 Å². The summed E-state index contributed by atoms with van der Waals surface area (Å²) in [5, 5.41) is 3.14. The van der Waals surface area contributed by atoms with Crippen LogP contribution in [0.4, 0.5) is 4.39 Å². The van der Waals surface area contributed by atoms with Gasteiger partial charge in [0.1, 0.15) is 5.82 Å². The van der Waals surface area contributed by atoms with Crippen LogP contribution in [0.15, 0.2) is 24.3 Å². The van der Waals surface area contributed by atoms with Gasteiger partial charge < -0.3 is 10.2 Å². The van der Waals surface area contributed by atoms with E-state index in [4.69, 9.17) is 0 Å². The van der Waals surface area contributed by atoms with Crippen LogP contribution in [0.1, 0.15) is 12.0 Å². The summed E-state index contributed by atoms with van der Waals surface area (Å²) in [6.45, 7) is 3.39. The minimum atomic E-state index is -0.190. The Bertz CT molecular complexity index is 456. The summed E-state index contributed by atoms with van der Waals surface area (Å²) in [5.74, 6) is 0.830. The van der Waals surface area contributed by atoms with Crippen LogP contribution in [0.3, 0.4) is 0 Å². The van der Waals surface area contributed by atoms with Gasteiger partial charge in [0.25, 0.3) is 0 Å². The number of carbonyl (C=O) groups excluding carboxylic acids is 1. The molecule has 0 aliphatic carbocycles. The van der Waals surface area contributed by atoms with Gasteiger partial charge in [0.2, 0.25) is 5.91 Å². The second kappa shape index (κ2) is 5.29.